The molecule has 2 aromatic rings. The Kier molecular flexibility index (Phi) is 5.67. The molecule has 1 atom stereocenters. The van der Waals surface area contributed by atoms with Crippen molar-refractivity contribution in [2.45, 2.75) is 63.0 Å². The highest BCUT2D eigenvalue weighted by Crippen LogP contribution is 2.47. The monoisotopic (exact) mass is 423 g/mol. The van der Waals surface area contributed by atoms with E-state index in [1.165, 1.54) is 22.3 Å². The van der Waals surface area contributed by atoms with Crippen molar-refractivity contribution >= 4 is 0 Å². The predicted molar refractivity (Wildman–Crippen MR) is 120 cm³/mol. The molecule has 166 valence electrons. The zero-order valence-electron chi connectivity index (χ0n) is 18.9. The van der Waals surface area contributed by atoms with Gasteiger partial charge in [-0.15, -0.1) is 0 Å². The first kappa shape index (κ1) is 20.8. The molecule has 1 saturated carbocycles. The van der Waals surface area contributed by atoms with Gasteiger partial charge < -0.3 is 18.9 Å². The van der Waals surface area contributed by atoms with E-state index >= 15 is 0 Å². The van der Waals surface area contributed by atoms with E-state index in [9.17, 15) is 0 Å². The predicted octanol–water partition coefficient (Wildman–Crippen LogP) is 4.45. The lowest BCUT2D eigenvalue weighted by Gasteiger charge is -2.48. The standard InChI is InChI=1S/C26H33NO4/c1-28-23-14-18-10-13-27(17-20(18)15-24(23)29-2)21-8-11-26(12-9-21)22-7-5-4-6-19(22)16-25(30-3)31-26/h4-7,14-15,21,25H,8-13,16-17H2,1-3H3/t21?,25-,26?/m0/s1. The Bertz CT molecular complexity index is 935. The largest absolute Gasteiger partial charge is 0.493 e. The summed E-state index contributed by atoms with van der Waals surface area (Å²) in [5.41, 5.74) is 5.31. The average Bonchev–Trinajstić information content (AvgIpc) is 2.83. The highest BCUT2D eigenvalue weighted by Gasteiger charge is 2.45. The maximum atomic E-state index is 6.57. The topological polar surface area (TPSA) is 40.2 Å². The maximum Gasteiger partial charge on any atom is 0.162 e. The Balaban J connectivity index is 1.32. The lowest BCUT2D eigenvalue weighted by atomic mass is 9.73. The molecule has 5 nitrogen and oxygen atoms in total. The minimum absolute atomic E-state index is 0.143. The van der Waals surface area contributed by atoms with Gasteiger partial charge in [0.25, 0.3) is 0 Å². The summed E-state index contributed by atoms with van der Waals surface area (Å²) >= 11 is 0. The highest BCUT2D eigenvalue weighted by atomic mass is 16.7. The molecule has 0 unspecified atom stereocenters. The van der Waals surface area contributed by atoms with E-state index in [-0.39, 0.29) is 11.9 Å². The molecule has 2 aromatic carbocycles. The molecule has 0 radical (unpaired) electrons. The Labute approximate surface area is 185 Å². The molecule has 2 aliphatic heterocycles. The molecular formula is C26H33NO4. The summed E-state index contributed by atoms with van der Waals surface area (Å²) in [5.74, 6) is 1.65. The van der Waals surface area contributed by atoms with Gasteiger partial charge in [0.2, 0.25) is 0 Å². The van der Waals surface area contributed by atoms with Crippen LogP contribution < -0.4 is 9.47 Å². The van der Waals surface area contributed by atoms with Crippen molar-refractivity contribution in [3.63, 3.8) is 0 Å². The van der Waals surface area contributed by atoms with E-state index in [1.807, 2.05) is 0 Å². The van der Waals surface area contributed by atoms with Gasteiger partial charge in [-0.25, -0.2) is 0 Å². The van der Waals surface area contributed by atoms with Crippen LogP contribution in [0.4, 0.5) is 0 Å². The normalized spacial score (nSPS) is 28.1. The molecule has 0 aromatic heterocycles. The zero-order chi connectivity index (χ0) is 21.4. The number of methoxy groups -OCH3 is 3. The SMILES string of the molecule is COc1cc2c(cc1OC)CN(C1CCC3(CC1)O[C@H](OC)Cc1ccccc13)CC2. The summed E-state index contributed by atoms with van der Waals surface area (Å²) in [6.45, 7) is 2.07. The molecule has 5 heteroatoms. The van der Waals surface area contributed by atoms with Gasteiger partial charge in [-0.1, -0.05) is 24.3 Å². The van der Waals surface area contributed by atoms with Crippen molar-refractivity contribution in [2.24, 2.45) is 0 Å². The highest BCUT2D eigenvalue weighted by molar-refractivity contribution is 5.48. The summed E-state index contributed by atoms with van der Waals surface area (Å²) < 4.78 is 23.2. The van der Waals surface area contributed by atoms with Crippen LogP contribution in [0.1, 0.15) is 47.9 Å². The fraction of sp³-hybridized carbons (Fsp3) is 0.538. The summed E-state index contributed by atoms with van der Waals surface area (Å²) in [7, 11) is 5.17. The second kappa shape index (κ2) is 8.45. The molecule has 0 saturated heterocycles. The Morgan fingerprint density at radius 3 is 2.35 bits per heavy atom. The first-order valence-corrected chi connectivity index (χ1v) is 11.4. The lowest BCUT2D eigenvalue weighted by Crippen LogP contribution is -2.48. The number of ether oxygens (including phenoxy) is 4. The van der Waals surface area contributed by atoms with Crippen LogP contribution in [0, 0.1) is 0 Å². The van der Waals surface area contributed by atoms with Crippen molar-refractivity contribution in [3.05, 3.63) is 58.7 Å². The van der Waals surface area contributed by atoms with Gasteiger partial charge in [0.05, 0.1) is 19.8 Å². The Morgan fingerprint density at radius 1 is 0.935 bits per heavy atom. The van der Waals surface area contributed by atoms with Gasteiger partial charge in [0, 0.05) is 32.7 Å². The number of fused-ring (bicyclic) bond motifs is 3. The van der Waals surface area contributed by atoms with Crippen LogP contribution in [0.3, 0.4) is 0 Å². The summed E-state index contributed by atoms with van der Waals surface area (Å²) in [6.07, 6.45) is 6.14. The first-order chi connectivity index (χ1) is 15.2. The van der Waals surface area contributed by atoms with E-state index in [0.717, 1.165) is 63.1 Å². The van der Waals surface area contributed by atoms with Crippen LogP contribution in [-0.4, -0.2) is 45.1 Å². The van der Waals surface area contributed by atoms with Crippen molar-refractivity contribution in [3.8, 4) is 11.5 Å². The molecule has 31 heavy (non-hydrogen) atoms. The number of benzene rings is 2. The molecular weight excluding hydrogens is 390 g/mol. The molecule has 2 heterocycles. The molecule has 1 aliphatic carbocycles. The van der Waals surface area contributed by atoms with E-state index in [4.69, 9.17) is 18.9 Å². The molecule has 3 aliphatic rings. The quantitative estimate of drug-likeness (QED) is 0.727. The summed E-state index contributed by atoms with van der Waals surface area (Å²) in [6, 6.07) is 13.7. The minimum Gasteiger partial charge on any atom is -0.493 e. The van der Waals surface area contributed by atoms with Gasteiger partial charge in [-0.3, -0.25) is 4.90 Å². The van der Waals surface area contributed by atoms with Gasteiger partial charge in [0.15, 0.2) is 17.8 Å². The van der Waals surface area contributed by atoms with Gasteiger partial charge in [0.1, 0.15) is 0 Å². The van der Waals surface area contributed by atoms with E-state index in [2.05, 4.69) is 41.3 Å². The minimum atomic E-state index is -0.198. The maximum absolute atomic E-state index is 6.57. The van der Waals surface area contributed by atoms with Crippen LogP contribution in [0.5, 0.6) is 11.5 Å². The van der Waals surface area contributed by atoms with Crippen LogP contribution in [0.2, 0.25) is 0 Å². The van der Waals surface area contributed by atoms with Crippen LogP contribution in [0.15, 0.2) is 36.4 Å². The molecule has 5 rings (SSSR count). The Hall–Kier alpha value is -2.08. The van der Waals surface area contributed by atoms with Gasteiger partial charge in [-0.2, -0.15) is 0 Å². The van der Waals surface area contributed by atoms with Crippen LogP contribution in [-0.2, 0) is 34.5 Å². The number of hydrogen-bond donors (Lipinski definition) is 0. The summed E-state index contributed by atoms with van der Waals surface area (Å²) in [4.78, 5) is 2.66. The zero-order valence-corrected chi connectivity index (χ0v) is 18.9. The molecule has 0 bridgehead atoms. The van der Waals surface area contributed by atoms with Crippen molar-refractivity contribution < 1.29 is 18.9 Å². The van der Waals surface area contributed by atoms with E-state index in [0.29, 0.717) is 6.04 Å². The van der Waals surface area contributed by atoms with Gasteiger partial charge in [-0.05, 0) is 66.5 Å². The van der Waals surface area contributed by atoms with Crippen LogP contribution in [0.25, 0.3) is 0 Å². The molecule has 1 spiro atoms. The second-order valence-corrected chi connectivity index (χ2v) is 9.07. The fourth-order valence-electron chi connectivity index (χ4n) is 5.85. The van der Waals surface area contributed by atoms with E-state index in [1.54, 1.807) is 21.3 Å². The lowest BCUT2D eigenvalue weighted by molar-refractivity contribution is -0.226. The fourth-order valence-corrected chi connectivity index (χ4v) is 5.85. The second-order valence-electron chi connectivity index (χ2n) is 9.07. The molecule has 0 N–H and O–H groups in total. The van der Waals surface area contributed by atoms with Crippen molar-refractivity contribution in [1.29, 1.82) is 0 Å². The third-order valence-corrected chi connectivity index (χ3v) is 7.54. The van der Waals surface area contributed by atoms with Crippen LogP contribution >= 0.6 is 0 Å². The number of hydrogen-bond acceptors (Lipinski definition) is 5. The van der Waals surface area contributed by atoms with Crippen molar-refractivity contribution in [1.82, 2.24) is 4.90 Å². The third-order valence-electron chi connectivity index (χ3n) is 7.54. The summed E-state index contributed by atoms with van der Waals surface area (Å²) in [5, 5.41) is 0. The third kappa shape index (κ3) is 3.73. The van der Waals surface area contributed by atoms with E-state index < -0.39 is 0 Å². The number of nitrogens with zero attached hydrogens (tertiary/aromatic N) is 1. The molecule has 1 fully saturated rings. The Morgan fingerprint density at radius 2 is 1.65 bits per heavy atom. The smallest absolute Gasteiger partial charge is 0.162 e. The van der Waals surface area contributed by atoms with Gasteiger partial charge >= 0.3 is 0 Å². The number of rotatable bonds is 4. The average molecular weight is 424 g/mol. The first-order valence-electron chi connectivity index (χ1n) is 11.4. The van der Waals surface area contributed by atoms with Crippen molar-refractivity contribution in [2.75, 3.05) is 27.9 Å². The molecule has 0 amide bonds.